The minimum Gasteiger partial charge on any atom is -0.369 e. The van der Waals surface area contributed by atoms with E-state index in [-0.39, 0.29) is 11.8 Å². The fourth-order valence-electron chi connectivity index (χ4n) is 4.18. The highest BCUT2D eigenvalue weighted by atomic mass is 19.4. The highest BCUT2D eigenvalue weighted by molar-refractivity contribution is 5.97. The molecule has 4 nitrogen and oxygen atoms in total. The highest BCUT2D eigenvalue weighted by Gasteiger charge is 2.34. The van der Waals surface area contributed by atoms with Gasteiger partial charge in [-0.15, -0.1) is 0 Å². The maximum atomic E-state index is 13.0. The van der Waals surface area contributed by atoms with Gasteiger partial charge in [-0.3, -0.25) is 4.79 Å². The molecule has 0 radical (unpaired) electrons. The molecule has 2 aromatic carbocycles. The Bertz CT molecular complexity index is 860. The average Bonchev–Trinajstić information content (AvgIpc) is 3.09. The molecule has 0 spiro atoms. The third kappa shape index (κ3) is 4.24. The van der Waals surface area contributed by atoms with E-state index in [4.69, 9.17) is 0 Å². The summed E-state index contributed by atoms with van der Waals surface area (Å²) in [5, 5.41) is 3.35. The van der Waals surface area contributed by atoms with Crippen molar-refractivity contribution in [3.8, 4) is 0 Å². The maximum Gasteiger partial charge on any atom is 0.416 e. The Kier molecular flexibility index (Phi) is 5.50. The second-order valence-electron chi connectivity index (χ2n) is 7.59. The van der Waals surface area contributed by atoms with Crippen LogP contribution >= 0.6 is 0 Å². The van der Waals surface area contributed by atoms with Crippen molar-refractivity contribution in [3.05, 3.63) is 59.7 Å². The standard InChI is InChI=1S/C22H24F3N3O/c23-22(24,25)18-5-7-19(8-6-18)28-12-9-17(21(28)29)15-16-3-1-2-4-20(16)27-13-10-26-11-14-27/h1-8,17,26H,9-15H2/t17-/m1/s1. The third-order valence-corrected chi connectivity index (χ3v) is 5.74. The lowest BCUT2D eigenvalue weighted by atomic mass is 9.96. The molecule has 2 aromatic rings. The number of para-hydroxylation sites is 1. The van der Waals surface area contributed by atoms with E-state index in [9.17, 15) is 18.0 Å². The van der Waals surface area contributed by atoms with Crippen molar-refractivity contribution in [2.75, 3.05) is 42.5 Å². The van der Waals surface area contributed by atoms with Crippen LogP contribution in [0.25, 0.3) is 0 Å². The Morgan fingerprint density at radius 1 is 0.966 bits per heavy atom. The quantitative estimate of drug-likeness (QED) is 0.846. The van der Waals surface area contributed by atoms with Gasteiger partial charge in [0.05, 0.1) is 5.56 Å². The van der Waals surface area contributed by atoms with Gasteiger partial charge in [-0.1, -0.05) is 18.2 Å². The first-order valence-electron chi connectivity index (χ1n) is 9.96. The normalized spacial score (nSPS) is 20.4. The minimum atomic E-state index is -4.37. The van der Waals surface area contributed by atoms with E-state index < -0.39 is 11.7 Å². The predicted molar refractivity (Wildman–Crippen MR) is 107 cm³/mol. The number of anilines is 2. The molecule has 0 unspecified atom stereocenters. The van der Waals surface area contributed by atoms with Gasteiger partial charge in [-0.25, -0.2) is 0 Å². The van der Waals surface area contributed by atoms with Gasteiger partial charge < -0.3 is 15.1 Å². The zero-order valence-electron chi connectivity index (χ0n) is 16.1. The molecule has 154 valence electrons. The molecule has 4 rings (SSSR count). The van der Waals surface area contributed by atoms with Crippen molar-refractivity contribution < 1.29 is 18.0 Å². The first kappa shape index (κ1) is 19.8. The maximum absolute atomic E-state index is 13.0. The molecule has 1 amide bonds. The van der Waals surface area contributed by atoms with Crippen LogP contribution in [0.3, 0.4) is 0 Å². The molecule has 2 aliphatic rings. The molecule has 0 aliphatic carbocycles. The Balaban J connectivity index is 1.47. The van der Waals surface area contributed by atoms with Gasteiger partial charge in [0, 0.05) is 50.0 Å². The summed E-state index contributed by atoms with van der Waals surface area (Å²) in [5.41, 5.74) is 2.16. The van der Waals surface area contributed by atoms with Crippen LogP contribution in [0.1, 0.15) is 17.5 Å². The summed E-state index contributed by atoms with van der Waals surface area (Å²) >= 11 is 0. The number of halogens is 3. The number of nitrogens with one attached hydrogen (secondary N) is 1. The van der Waals surface area contributed by atoms with Gasteiger partial charge in [0.1, 0.15) is 0 Å². The monoisotopic (exact) mass is 403 g/mol. The number of rotatable bonds is 4. The van der Waals surface area contributed by atoms with Crippen molar-refractivity contribution >= 4 is 17.3 Å². The Hall–Kier alpha value is -2.54. The predicted octanol–water partition coefficient (Wildman–Crippen LogP) is 3.71. The van der Waals surface area contributed by atoms with E-state index in [0.717, 1.165) is 43.9 Å². The van der Waals surface area contributed by atoms with Crippen LogP contribution in [0.15, 0.2) is 48.5 Å². The van der Waals surface area contributed by atoms with Gasteiger partial charge in [-0.2, -0.15) is 13.2 Å². The molecule has 29 heavy (non-hydrogen) atoms. The summed E-state index contributed by atoms with van der Waals surface area (Å²) in [6.07, 6.45) is -3.02. The van der Waals surface area contributed by atoms with E-state index in [1.807, 2.05) is 12.1 Å². The van der Waals surface area contributed by atoms with Crippen LogP contribution in [0.5, 0.6) is 0 Å². The van der Waals surface area contributed by atoms with E-state index in [1.54, 1.807) is 4.90 Å². The average molecular weight is 403 g/mol. The number of hydrogen-bond donors (Lipinski definition) is 1. The van der Waals surface area contributed by atoms with Crippen molar-refractivity contribution in [3.63, 3.8) is 0 Å². The number of amides is 1. The molecule has 7 heteroatoms. The molecule has 0 saturated carbocycles. The van der Waals surface area contributed by atoms with Gasteiger partial charge in [0.15, 0.2) is 0 Å². The van der Waals surface area contributed by atoms with Crippen LogP contribution in [-0.4, -0.2) is 38.6 Å². The van der Waals surface area contributed by atoms with Crippen molar-refractivity contribution in [1.82, 2.24) is 5.32 Å². The zero-order valence-corrected chi connectivity index (χ0v) is 16.1. The van der Waals surface area contributed by atoms with Crippen LogP contribution in [0.2, 0.25) is 0 Å². The summed E-state index contributed by atoms with van der Waals surface area (Å²) in [5.74, 6) is -0.166. The molecule has 2 heterocycles. The lowest BCUT2D eigenvalue weighted by Crippen LogP contribution is -2.44. The highest BCUT2D eigenvalue weighted by Crippen LogP contribution is 2.33. The lowest BCUT2D eigenvalue weighted by molar-refractivity contribution is -0.137. The molecular formula is C22H24F3N3O. The number of hydrogen-bond acceptors (Lipinski definition) is 3. The van der Waals surface area contributed by atoms with Gasteiger partial charge >= 0.3 is 6.18 Å². The Labute approximate surface area is 168 Å². The van der Waals surface area contributed by atoms with E-state index in [2.05, 4.69) is 22.3 Å². The van der Waals surface area contributed by atoms with Crippen LogP contribution in [0.4, 0.5) is 24.5 Å². The molecule has 0 aromatic heterocycles. The van der Waals surface area contributed by atoms with Gasteiger partial charge in [0.25, 0.3) is 0 Å². The fraction of sp³-hybridized carbons (Fsp3) is 0.409. The van der Waals surface area contributed by atoms with Crippen LogP contribution in [-0.2, 0) is 17.4 Å². The number of carbonyl (C=O) groups is 1. The third-order valence-electron chi connectivity index (χ3n) is 5.74. The summed E-state index contributed by atoms with van der Waals surface area (Å²) in [6.45, 7) is 4.29. The summed E-state index contributed by atoms with van der Waals surface area (Å²) in [4.78, 5) is 16.9. The molecule has 2 aliphatic heterocycles. The van der Waals surface area contributed by atoms with Crippen molar-refractivity contribution in [2.45, 2.75) is 19.0 Å². The fourth-order valence-corrected chi connectivity index (χ4v) is 4.18. The largest absolute Gasteiger partial charge is 0.416 e. The number of benzene rings is 2. The second-order valence-corrected chi connectivity index (χ2v) is 7.59. The topological polar surface area (TPSA) is 35.6 Å². The molecule has 1 N–H and O–H groups in total. The van der Waals surface area contributed by atoms with E-state index in [1.165, 1.54) is 17.8 Å². The van der Waals surface area contributed by atoms with Crippen molar-refractivity contribution in [1.29, 1.82) is 0 Å². The van der Waals surface area contributed by atoms with E-state index >= 15 is 0 Å². The first-order valence-corrected chi connectivity index (χ1v) is 9.96. The number of carbonyl (C=O) groups excluding carboxylic acids is 1. The summed E-state index contributed by atoms with van der Waals surface area (Å²) < 4.78 is 38.3. The minimum absolute atomic E-state index is 0.0140. The number of nitrogens with zero attached hydrogens (tertiary/aromatic N) is 2. The van der Waals surface area contributed by atoms with Gasteiger partial charge in [0.2, 0.25) is 5.91 Å². The second kappa shape index (κ2) is 8.06. The Morgan fingerprint density at radius 2 is 1.66 bits per heavy atom. The van der Waals surface area contributed by atoms with Crippen molar-refractivity contribution in [2.24, 2.45) is 5.92 Å². The number of alkyl halides is 3. The molecule has 2 fully saturated rings. The van der Waals surface area contributed by atoms with Crippen LogP contribution < -0.4 is 15.1 Å². The van der Waals surface area contributed by atoms with Gasteiger partial charge in [-0.05, 0) is 48.7 Å². The number of piperazine rings is 1. The molecule has 0 bridgehead atoms. The van der Waals surface area contributed by atoms with E-state index in [0.29, 0.717) is 25.1 Å². The molecule has 1 atom stereocenters. The SMILES string of the molecule is O=C1[C@@H](Cc2ccccc2N2CCNCC2)CCN1c1ccc(C(F)(F)F)cc1. The van der Waals surface area contributed by atoms with Crippen LogP contribution in [0, 0.1) is 5.92 Å². The summed E-state index contributed by atoms with van der Waals surface area (Å²) in [7, 11) is 0. The summed E-state index contributed by atoms with van der Waals surface area (Å²) in [6, 6.07) is 13.0. The smallest absolute Gasteiger partial charge is 0.369 e. The lowest BCUT2D eigenvalue weighted by Gasteiger charge is -2.31. The Morgan fingerprint density at radius 3 is 2.34 bits per heavy atom. The molecular weight excluding hydrogens is 379 g/mol. The zero-order chi connectivity index (χ0) is 20.4. The molecule has 2 saturated heterocycles. The first-order chi connectivity index (χ1) is 13.9.